The van der Waals surface area contributed by atoms with Gasteiger partial charge in [0.15, 0.2) is 5.82 Å². The molecule has 156 valence electrons. The molecule has 2 heterocycles. The third kappa shape index (κ3) is 4.86. The number of halogens is 2. The number of nitrogens with one attached hydrogen (secondary N) is 1. The molecule has 0 aliphatic carbocycles. The lowest BCUT2D eigenvalue weighted by Gasteiger charge is -2.28. The van der Waals surface area contributed by atoms with Gasteiger partial charge in [0.1, 0.15) is 24.7 Å². The first-order chi connectivity index (χ1) is 13.6. The maximum absolute atomic E-state index is 11.0. The molecule has 1 amide bonds. The van der Waals surface area contributed by atoms with Gasteiger partial charge in [-0.3, -0.25) is 5.32 Å². The van der Waals surface area contributed by atoms with Crippen LogP contribution in [0.4, 0.5) is 10.6 Å². The Morgan fingerprint density at radius 3 is 2.83 bits per heavy atom. The zero-order chi connectivity index (χ0) is 21.3. The van der Waals surface area contributed by atoms with Crippen LogP contribution in [0.15, 0.2) is 18.3 Å². The first-order valence-electron chi connectivity index (χ1n) is 9.13. The molecule has 29 heavy (non-hydrogen) atoms. The Balaban J connectivity index is 1.93. The van der Waals surface area contributed by atoms with Gasteiger partial charge in [-0.2, -0.15) is 0 Å². The molecule has 0 fully saturated rings. The molecule has 0 bridgehead atoms. The van der Waals surface area contributed by atoms with Crippen molar-refractivity contribution in [2.24, 2.45) is 11.7 Å². The second-order valence-electron chi connectivity index (χ2n) is 7.86. The molecule has 1 aliphatic rings. The Morgan fingerprint density at radius 2 is 2.17 bits per heavy atom. The van der Waals surface area contributed by atoms with Gasteiger partial charge >= 0.3 is 6.09 Å². The van der Waals surface area contributed by atoms with Crippen molar-refractivity contribution in [2.45, 2.75) is 39.3 Å². The van der Waals surface area contributed by atoms with E-state index in [2.05, 4.69) is 24.1 Å². The normalized spacial score (nSPS) is 14.4. The van der Waals surface area contributed by atoms with Crippen LogP contribution in [0.1, 0.15) is 32.8 Å². The summed E-state index contributed by atoms with van der Waals surface area (Å²) in [4.78, 5) is 15.0. The second-order valence-corrected chi connectivity index (χ2v) is 8.64. The van der Waals surface area contributed by atoms with Crippen molar-refractivity contribution in [2.75, 3.05) is 11.9 Å². The van der Waals surface area contributed by atoms with Crippen LogP contribution in [0.25, 0.3) is 11.1 Å². The van der Waals surface area contributed by atoms with Gasteiger partial charge in [0, 0.05) is 34.5 Å². The molecular weight excluding hydrogens is 417 g/mol. The van der Waals surface area contributed by atoms with Crippen LogP contribution in [-0.2, 0) is 6.61 Å². The van der Waals surface area contributed by atoms with Crippen molar-refractivity contribution in [3.05, 3.63) is 33.9 Å². The van der Waals surface area contributed by atoms with Crippen LogP contribution in [0.5, 0.6) is 11.5 Å². The number of carbonyl (C=O) groups is 1. The van der Waals surface area contributed by atoms with Gasteiger partial charge in [-0.15, -0.1) is 0 Å². The molecule has 1 aliphatic heterocycles. The molecule has 1 unspecified atom stereocenters. The SMILES string of the molecule is CC(C)CC(C)(N)COc1cc2c(cc1Cl)-c1c(cnc(NC(=O)O)c1Cl)CO2. The lowest BCUT2D eigenvalue weighted by atomic mass is 9.93. The van der Waals surface area contributed by atoms with E-state index in [0.29, 0.717) is 40.2 Å². The summed E-state index contributed by atoms with van der Waals surface area (Å²) in [5.74, 6) is 1.49. The second kappa shape index (κ2) is 8.26. The number of ether oxygens (including phenoxy) is 2. The summed E-state index contributed by atoms with van der Waals surface area (Å²) in [7, 11) is 0. The number of nitrogens with zero attached hydrogens (tertiary/aromatic N) is 1. The average molecular weight is 440 g/mol. The molecule has 0 radical (unpaired) electrons. The van der Waals surface area contributed by atoms with Crippen molar-refractivity contribution in [1.29, 1.82) is 0 Å². The van der Waals surface area contributed by atoms with E-state index in [9.17, 15) is 4.79 Å². The number of amides is 1. The van der Waals surface area contributed by atoms with Crippen LogP contribution >= 0.6 is 23.2 Å². The zero-order valence-electron chi connectivity index (χ0n) is 16.4. The molecule has 4 N–H and O–H groups in total. The van der Waals surface area contributed by atoms with Gasteiger partial charge in [-0.05, 0) is 25.3 Å². The van der Waals surface area contributed by atoms with Crippen molar-refractivity contribution in [1.82, 2.24) is 4.98 Å². The molecular formula is C20H23Cl2N3O4. The molecule has 1 aromatic heterocycles. The Kier molecular flexibility index (Phi) is 6.12. The maximum atomic E-state index is 11.0. The van der Waals surface area contributed by atoms with E-state index in [1.54, 1.807) is 12.1 Å². The minimum absolute atomic E-state index is 0.0507. The fourth-order valence-electron chi connectivity index (χ4n) is 3.46. The molecule has 7 nitrogen and oxygen atoms in total. The Hall–Kier alpha value is -2.22. The number of benzene rings is 1. The third-order valence-electron chi connectivity index (χ3n) is 4.44. The molecule has 0 saturated heterocycles. The number of rotatable bonds is 6. The highest BCUT2D eigenvalue weighted by atomic mass is 35.5. The molecule has 3 rings (SSSR count). The summed E-state index contributed by atoms with van der Waals surface area (Å²) >= 11 is 12.9. The van der Waals surface area contributed by atoms with Crippen LogP contribution in [0.2, 0.25) is 10.0 Å². The van der Waals surface area contributed by atoms with E-state index in [1.807, 2.05) is 6.92 Å². The number of anilines is 1. The van der Waals surface area contributed by atoms with E-state index in [0.717, 1.165) is 12.0 Å². The number of pyridine rings is 1. The van der Waals surface area contributed by atoms with Gasteiger partial charge in [-0.1, -0.05) is 37.0 Å². The molecule has 1 aromatic carbocycles. The highest BCUT2D eigenvalue weighted by molar-refractivity contribution is 6.37. The van der Waals surface area contributed by atoms with Gasteiger partial charge in [0.25, 0.3) is 0 Å². The van der Waals surface area contributed by atoms with E-state index < -0.39 is 11.6 Å². The summed E-state index contributed by atoms with van der Waals surface area (Å²) in [6.45, 7) is 6.70. The van der Waals surface area contributed by atoms with E-state index >= 15 is 0 Å². The van der Waals surface area contributed by atoms with Crippen molar-refractivity contribution < 1.29 is 19.4 Å². The van der Waals surface area contributed by atoms with Crippen LogP contribution in [-0.4, -0.2) is 28.3 Å². The van der Waals surface area contributed by atoms with E-state index in [4.69, 9.17) is 43.5 Å². The van der Waals surface area contributed by atoms with Crippen molar-refractivity contribution in [3.63, 3.8) is 0 Å². The summed E-state index contributed by atoms with van der Waals surface area (Å²) in [5.41, 5.74) is 7.82. The standard InChI is InChI=1S/C20H23Cl2N3O4/c1-10(2)6-20(3,23)9-29-15-5-14-12(4-13(15)21)16-11(8-28-14)7-24-18(17(16)22)25-19(26)27/h4-5,7,10H,6,8-9,23H2,1-3H3,(H,24,25)(H,26,27). The van der Waals surface area contributed by atoms with Crippen LogP contribution in [0, 0.1) is 5.92 Å². The first kappa shape index (κ1) is 21.5. The zero-order valence-corrected chi connectivity index (χ0v) is 17.9. The van der Waals surface area contributed by atoms with E-state index in [-0.39, 0.29) is 17.4 Å². The number of aromatic nitrogens is 1. The predicted molar refractivity (Wildman–Crippen MR) is 113 cm³/mol. The summed E-state index contributed by atoms with van der Waals surface area (Å²) in [5, 5.41) is 11.7. The first-order valence-corrected chi connectivity index (χ1v) is 9.88. The summed E-state index contributed by atoms with van der Waals surface area (Å²) < 4.78 is 11.7. The summed E-state index contributed by atoms with van der Waals surface area (Å²) in [6, 6.07) is 3.39. The molecule has 1 atom stereocenters. The Labute approximate surface area is 179 Å². The minimum Gasteiger partial charge on any atom is -0.490 e. The van der Waals surface area contributed by atoms with Crippen LogP contribution < -0.4 is 20.5 Å². The summed E-state index contributed by atoms with van der Waals surface area (Å²) in [6.07, 6.45) is 1.08. The Bertz CT molecular complexity index is 948. The highest BCUT2D eigenvalue weighted by Crippen LogP contribution is 2.47. The van der Waals surface area contributed by atoms with Crippen molar-refractivity contribution in [3.8, 4) is 22.6 Å². The monoisotopic (exact) mass is 439 g/mol. The largest absolute Gasteiger partial charge is 0.490 e. The molecule has 0 spiro atoms. The topological polar surface area (TPSA) is 107 Å². The third-order valence-corrected chi connectivity index (χ3v) is 5.11. The number of carboxylic acid groups (broad SMARTS) is 1. The van der Waals surface area contributed by atoms with Crippen molar-refractivity contribution >= 4 is 35.1 Å². The smallest absolute Gasteiger partial charge is 0.410 e. The fourth-order valence-corrected chi connectivity index (χ4v) is 4.00. The average Bonchev–Trinajstić information content (AvgIpc) is 2.60. The lowest BCUT2D eigenvalue weighted by Crippen LogP contribution is -2.43. The predicted octanol–water partition coefficient (Wildman–Crippen LogP) is 5.18. The number of fused-ring (bicyclic) bond motifs is 3. The van der Waals surface area contributed by atoms with Gasteiger partial charge in [0.2, 0.25) is 0 Å². The molecule has 0 saturated carbocycles. The molecule has 2 aromatic rings. The van der Waals surface area contributed by atoms with Gasteiger partial charge in [-0.25, -0.2) is 9.78 Å². The fraction of sp³-hybridized carbons (Fsp3) is 0.400. The number of hydrogen-bond donors (Lipinski definition) is 3. The van der Waals surface area contributed by atoms with Gasteiger partial charge in [0.05, 0.1) is 10.0 Å². The number of hydrogen-bond acceptors (Lipinski definition) is 5. The molecule has 9 heteroatoms. The maximum Gasteiger partial charge on any atom is 0.410 e. The van der Waals surface area contributed by atoms with Crippen LogP contribution in [0.3, 0.4) is 0 Å². The minimum atomic E-state index is -1.25. The highest BCUT2D eigenvalue weighted by Gasteiger charge is 2.26. The quantitative estimate of drug-likeness (QED) is 0.572. The number of nitrogens with two attached hydrogens (primary N) is 1. The Morgan fingerprint density at radius 1 is 1.45 bits per heavy atom. The van der Waals surface area contributed by atoms with Gasteiger partial charge < -0.3 is 20.3 Å². The lowest BCUT2D eigenvalue weighted by molar-refractivity contribution is 0.205. The van der Waals surface area contributed by atoms with E-state index in [1.165, 1.54) is 6.20 Å².